The molecule has 20 heavy (non-hydrogen) atoms. The molecule has 0 spiro atoms. The lowest BCUT2D eigenvalue weighted by atomic mass is 10.1. The number of aromatic carboxylic acids is 1. The maximum atomic E-state index is 12.0. The number of carboxylic acid groups (broad SMARTS) is 1. The lowest BCUT2D eigenvalue weighted by molar-refractivity contribution is 0.0465. The molecule has 8 nitrogen and oxygen atoms in total. The summed E-state index contributed by atoms with van der Waals surface area (Å²) in [5.74, 6) is -0.291. The molecule has 3 heterocycles. The van der Waals surface area contributed by atoms with Crippen LogP contribution in [-0.4, -0.2) is 50.0 Å². The second-order valence-electron chi connectivity index (χ2n) is 4.66. The summed E-state index contributed by atoms with van der Waals surface area (Å²) in [6, 6.07) is 3.33. The molecule has 0 aromatic carbocycles. The molecule has 0 atom stereocenters. The average Bonchev–Trinajstić information content (AvgIpc) is 2.96. The first-order valence-electron chi connectivity index (χ1n) is 6.05. The fourth-order valence-corrected chi connectivity index (χ4v) is 2.05. The van der Waals surface area contributed by atoms with Gasteiger partial charge in [0.25, 0.3) is 5.91 Å². The molecule has 1 N–H and O–H groups in total. The monoisotopic (exact) mass is 276 g/mol. The maximum Gasteiger partial charge on any atom is 0.358 e. The van der Waals surface area contributed by atoms with Crippen molar-refractivity contribution >= 4 is 11.9 Å². The minimum atomic E-state index is -1.12. The lowest BCUT2D eigenvalue weighted by Crippen LogP contribution is -2.50. The molecule has 1 saturated heterocycles. The number of likely N-dealkylation sites (tertiary alicyclic amines) is 1. The second kappa shape index (κ2) is 4.48. The highest BCUT2D eigenvalue weighted by Gasteiger charge is 2.34. The summed E-state index contributed by atoms with van der Waals surface area (Å²) >= 11 is 0. The number of nitrogens with zero attached hydrogens (tertiary/aromatic N) is 4. The van der Waals surface area contributed by atoms with E-state index in [0.29, 0.717) is 24.6 Å². The molecule has 2 aromatic rings. The zero-order valence-corrected chi connectivity index (χ0v) is 10.7. The third-order valence-corrected chi connectivity index (χ3v) is 3.20. The number of furan rings is 1. The van der Waals surface area contributed by atoms with Crippen LogP contribution in [0, 0.1) is 6.92 Å². The van der Waals surface area contributed by atoms with E-state index >= 15 is 0 Å². The van der Waals surface area contributed by atoms with Crippen molar-refractivity contribution in [3.8, 4) is 0 Å². The van der Waals surface area contributed by atoms with Crippen molar-refractivity contribution in [3.05, 3.63) is 35.5 Å². The minimum Gasteiger partial charge on any atom is -0.476 e. The number of amides is 1. The van der Waals surface area contributed by atoms with Crippen LogP contribution < -0.4 is 0 Å². The molecule has 3 rings (SSSR count). The Hall–Kier alpha value is -2.64. The summed E-state index contributed by atoms with van der Waals surface area (Å²) < 4.78 is 6.75. The van der Waals surface area contributed by atoms with Gasteiger partial charge in [0.1, 0.15) is 5.76 Å². The summed E-state index contributed by atoms with van der Waals surface area (Å²) in [4.78, 5) is 24.3. The Labute approximate surface area is 113 Å². The smallest absolute Gasteiger partial charge is 0.358 e. The van der Waals surface area contributed by atoms with Gasteiger partial charge in [-0.25, -0.2) is 9.48 Å². The van der Waals surface area contributed by atoms with E-state index in [4.69, 9.17) is 9.52 Å². The Morgan fingerprint density at radius 2 is 2.15 bits per heavy atom. The number of carbonyl (C=O) groups excluding carboxylic acids is 1. The van der Waals surface area contributed by atoms with Gasteiger partial charge in [-0.15, -0.1) is 5.10 Å². The van der Waals surface area contributed by atoms with Gasteiger partial charge in [0.2, 0.25) is 0 Å². The fourth-order valence-electron chi connectivity index (χ4n) is 2.05. The van der Waals surface area contributed by atoms with Crippen molar-refractivity contribution in [2.75, 3.05) is 13.1 Å². The highest BCUT2D eigenvalue weighted by molar-refractivity contribution is 5.92. The molecular formula is C12H12N4O4. The second-order valence-corrected chi connectivity index (χ2v) is 4.66. The Kier molecular flexibility index (Phi) is 2.78. The van der Waals surface area contributed by atoms with Gasteiger partial charge in [-0.3, -0.25) is 4.79 Å². The molecule has 2 aromatic heterocycles. The van der Waals surface area contributed by atoms with Gasteiger partial charge < -0.3 is 14.4 Å². The van der Waals surface area contributed by atoms with Gasteiger partial charge in [-0.05, 0) is 19.1 Å². The van der Waals surface area contributed by atoms with Gasteiger partial charge in [0.15, 0.2) is 11.5 Å². The Morgan fingerprint density at radius 3 is 2.70 bits per heavy atom. The van der Waals surface area contributed by atoms with Gasteiger partial charge in [-0.2, -0.15) is 0 Å². The fraction of sp³-hybridized carbons (Fsp3) is 0.333. The van der Waals surface area contributed by atoms with Crippen molar-refractivity contribution in [2.24, 2.45) is 0 Å². The third-order valence-electron chi connectivity index (χ3n) is 3.20. The molecule has 0 unspecified atom stereocenters. The highest BCUT2D eigenvalue weighted by Crippen LogP contribution is 2.23. The number of carboxylic acids is 1. The van der Waals surface area contributed by atoms with Crippen molar-refractivity contribution in [1.82, 2.24) is 19.9 Å². The lowest BCUT2D eigenvalue weighted by Gasteiger charge is -2.38. The standard InChI is InChI=1S/C12H12N4O4/c1-7-2-3-10(20-7)11(17)15-4-8(5-15)16-6-9(12(18)19)13-14-16/h2-3,6,8H,4-5H2,1H3,(H,18,19). The zero-order valence-electron chi connectivity index (χ0n) is 10.7. The average molecular weight is 276 g/mol. The summed E-state index contributed by atoms with van der Waals surface area (Å²) in [6.45, 7) is 2.69. The predicted molar refractivity (Wildman–Crippen MR) is 65.4 cm³/mol. The maximum absolute atomic E-state index is 12.0. The van der Waals surface area contributed by atoms with E-state index in [9.17, 15) is 9.59 Å². The number of aromatic nitrogens is 3. The molecule has 1 amide bonds. The zero-order chi connectivity index (χ0) is 14.3. The molecule has 1 aliphatic rings. The normalized spacial score (nSPS) is 15.2. The largest absolute Gasteiger partial charge is 0.476 e. The highest BCUT2D eigenvalue weighted by atomic mass is 16.4. The van der Waals surface area contributed by atoms with Crippen LogP contribution >= 0.6 is 0 Å². The van der Waals surface area contributed by atoms with Crippen molar-refractivity contribution in [3.63, 3.8) is 0 Å². The van der Waals surface area contributed by atoms with Crippen LogP contribution in [0.1, 0.15) is 32.8 Å². The summed E-state index contributed by atoms with van der Waals surface area (Å²) in [7, 11) is 0. The van der Waals surface area contributed by atoms with Crippen LogP contribution in [0.3, 0.4) is 0 Å². The SMILES string of the molecule is Cc1ccc(C(=O)N2CC(n3cc(C(=O)O)nn3)C2)o1. The quantitative estimate of drug-likeness (QED) is 0.879. The number of aryl methyl sites for hydroxylation is 1. The Balaban J connectivity index is 1.63. The Bertz CT molecular complexity index is 669. The van der Waals surface area contributed by atoms with Crippen LogP contribution in [0.2, 0.25) is 0 Å². The number of rotatable bonds is 3. The van der Waals surface area contributed by atoms with E-state index in [1.54, 1.807) is 24.0 Å². The molecule has 0 radical (unpaired) electrons. The van der Waals surface area contributed by atoms with Crippen LogP contribution in [-0.2, 0) is 0 Å². The Morgan fingerprint density at radius 1 is 1.40 bits per heavy atom. The summed E-state index contributed by atoms with van der Waals surface area (Å²) in [5.41, 5.74) is -0.101. The van der Waals surface area contributed by atoms with E-state index in [1.807, 2.05) is 0 Å². The number of hydrogen-bond acceptors (Lipinski definition) is 5. The first kappa shape index (κ1) is 12.4. The number of hydrogen-bond donors (Lipinski definition) is 1. The van der Waals surface area contributed by atoms with Crippen molar-refractivity contribution in [1.29, 1.82) is 0 Å². The van der Waals surface area contributed by atoms with Crippen LogP contribution in [0.5, 0.6) is 0 Å². The van der Waals surface area contributed by atoms with E-state index in [1.165, 1.54) is 10.9 Å². The number of carbonyl (C=O) groups is 2. The van der Waals surface area contributed by atoms with Gasteiger partial charge in [0, 0.05) is 13.1 Å². The first-order chi connectivity index (χ1) is 9.54. The topological polar surface area (TPSA) is 101 Å². The molecular weight excluding hydrogens is 264 g/mol. The van der Waals surface area contributed by atoms with Crippen molar-refractivity contribution < 1.29 is 19.1 Å². The molecule has 104 valence electrons. The van der Waals surface area contributed by atoms with Crippen LogP contribution in [0.4, 0.5) is 0 Å². The van der Waals surface area contributed by atoms with Gasteiger partial charge >= 0.3 is 5.97 Å². The molecule has 8 heteroatoms. The van der Waals surface area contributed by atoms with Crippen LogP contribution in [0.15, 0.2) is 22.7 Å². The van der Waals surface area contributed by atoms with E-state index in [2.05, 4.69) is 10.3 Å². The van der Waals surface area contributed by atoms with Crippen molar-refractivity contribution in [2.45, 2.75) is 13.0 Å². The third kappa shape index (κ3) is 2.04. The van der Waals surface area contributed by atoms with Crippen LogP contribution in [0.25, 0.3) is 0 Å². The summed E-state index contributed by atoms with van der Waals surface area (Å²) in [6.07, 6.45) is 1.37. The predicted octanol–water partition coefficient (Wildman–Crippen LogP) is 0.575. The minimum absolute atomic E-state index is 0.0457. The first-order valence-corrected chi connectivity index (χ1v) is 6.05. The summed E-state index contributed by atoms with van der Waals surface area (Å²) in [5, 5.41) is 16.1. The molecule has 1 fully saturated rings. The van der Waals surface area contributed by atoms with Gasteiger partial charge in [0.05, 0.1) is 12.2 Å². The molecule has 0 saturated carbocycles. The van der Waals surface area contributed by atoms with E-state index in [0.717, 1.165) is 0 Å². The molecule has 1 aliphatic heterocycles. The van der Waals surface area contributed by atoms with Gasteiger partial charge in [-0.1, -0.05) is 5.21 Å². The molecule has 0 bridgehead atoms. The van der Waals surface area contributed by atoms with E-state index in [-0.39, 0.29) is 17.6 Å². The molecule has 0 aliphatic carbocycles. The van der Waals surface area contributed by atoms with E-state index < -0.39 is 5.97 Å².